The third-order valence-corrected chi connectivity index (χ3v) is 6.65. The van der Waals surface area contributed by atoms with Crippen molar-refractivity contribution in [2.45, 2.75) is 31.8 Å². The Hall–Kier alpha value is -2.42. The van der Waals surface area contributed by atoms with Gasteiger partial charge in [0.2, 0.25) is 10.0 Å². The van der Waals surface area contributed by atoms with Crippen LogP contribution in [0.5, 0.6) is 5.75 Å². The third-order valence-electron chi connectivity index (χ3n) is 4.73. The van der Waals surface area contributed by atoms with E-state index in [-0.39, 0.29) is 10.8 Å². The highest BCUT2D eigenvalue weighted by Crippen LogP contribution is 2.22. The van der Waals surface area contributed by atoms with Gasteiger partial charge in [0.1, 0.15) is 5.75 Å². The Kier molecular flexibility index (Phi) is 6.56. The number of hydrogen-bond donors (Lipinski definition) is 1. The summed E-state index contributed by atoms with van der Waals surface area (Å²) in [6, 6.07) is 11.9. The Morgan fingerprint density at radius 2 is 1.76 bits per heavy atom. The van der Waals surface area contributed by atoms with Crippen LogP contribution in [0.15, 0.2) is 47.4 Å². The van der Waals surface area contributed by atoms with E-state index in [0.29, 0.717) is 37.7 Å². The summed E-state index contributed by atoms with van der Waals surface area (Å²) in [4.78, 5) is 12.6. The number of carbonyl (C=O) groups is 1. The number of nitrogens with zero attached hydrogens (tertiary/aromatic N) is 1. The van der Waals surface area contributed by atoms with Gasteiger partial charge in [-0.15, -0.1) is 0 Å². The van der Waals surface area contributed by atoms with Crippen molar-refractivity contribution < 1.29 is 22.7 Å². The Morgan fingerprint density at radius 1 is 1.10 bits per heavy atom. The van der Waals surface area contributed by atoms with Crippen molar-refractivity contribution in [1.29, 1.82) is 0 Å². The average molecular weight is 419 g/mol. The van der Waals surface area contributed by atoms with Crippen LogP contribution in [0.1, 0.15) is 18.1 Å². The van der Waals surface area contributed by atoms with Crippen LogP contribution < -0.4 is 10.1 Å². The zero-order valence-electron chi connectivity index (χ0n) is 16.8. The van der Waals surface area contributed by atoms with Gasteiger partial charge in [0, 0.05) is 18.8 Å². The van der Waals surface area contributed by atoms with E-state index in [1.807, 2.05) is 32.0 Å². The van der Waals surface area contributed by atoms with Crippen LogP contribution in [-0.2, 0) is 19.6 Å². The molecule has 0 radical (unpaired) electrons. The molecule has 3 rings (SSSR count). The molecular weight excluding hydrogens is 392 g/mol. The highest BCUT2D eigenvalue weighted by Gasteiger charge is 2.26. The second-order valence-electron chi connectivity index (χ2n) is 7.06. The first-order valence-electron chi connectivity index (χ1n) is 9.50. The number of sulfonamides is 1. The fraction of sp³-hybridized carbons (Fsp3) is 0.381. The molecule has 2 aromatic rings. The Bertz CT molecular complexity index is 967. The lowest BCUT2D eigenvalue weighted by Gasteiger charge is -2.26. The average Bonchev–Trinajstić information content (AvgIpc) is 2.71. The molecule has 1 aliphatic rings. The largest absolute Gasteiger partial charge is 0.481 e. The second kappa shape index (κ2) is 8.94. The van der Waals surface area contributed by atoms with Gasteiger partial charge in [-0.25, -0.2) is 8.42 Å². The number of amides is 1. The summed E-state index contributed by atoms with van der Waals surface area (Å²) in [5.74, 6) is 0.346. The predicted molar refractivity (Wildman–Crippen MR) is 111 cm³/mol. The van der Waals surface area contributed by atoms with Crippen molar-refractivity contribution >= 4 is 21.6 Å². The predicted octanol–water partition coefficient (Wildman–Crippen LogP) is 2.73. The summed E-state index contributed by atoms with van der Waals surface area (Å²) < 4.78 is 37.7. The minimum absolute atomic E-state index is 0.192. The number of aryl methyl sites for hydroxylation is 2. The lowest BCUT2D eigenvalue weighted by molar-refractivity contribution is -0.122. The van der Waals surface area contributed by atoms with E-state index in [2.05, 4.69) is 5.32 Å². The smallest absolute Gasteiger partial charge is 0.265 e. The van der Waals surface area contributed by atoms with Gasteiger partial charge in [-0.05, 0) is 56.7 Å². The molecular formula is C21H26N2O5S. The SMILES string of the molecule is Cc1ccc(O[C@H](C)C(=O)Nc2ccc(S(=O)(=O)N3CCOCC3)cc2)c(C)c1. The number of ether oxygens (including phenoxy) is 2. The molecule has 1 heterocycles. The Labute approximate surface area is 171 Å². The van der Waals surface area contributed by atoms with Crippen molar-refractivity contribution in [2.24, 2.45) is 0 Å². The quantitative estimate of drug-likeness (QED) is 0.780. The molecule has 1 amide bonds. The molecule has 8 heteroatoms. The molecule has 0 spiro atoms. The molecule has 0 unspecified atom stereocenters. The minimum atomic E-state index is -3.56. The van der Waals surface area contributed by atoms with Crippen LogP contribution in [0.2, 0.25) is 0 Å². The van der Waals surface area contributed by atoms with Crippen molar-refractivity contribution in [1.82, 2.24) is 4.31 Å². The highest BCUT2D eigenvalue weighted by molar-refractivity contribution is 7.89. The first kappa shape index (κ1) is 21.3. The molecule has 7 nitrogen and oxygen atoms in total. The third kappa shape index (κ3) is 5.14. The first-order chi connectivity index (χ1) is 13.8. The fourth-order valence-corrected chi connectivity index (χ4v) is 4.47. The summed E-state index contributed by atoms with van der Waals surface area (Å²) in [6.45, 7) is 7.07. The molecule has 1 aliphatic heterocycles. The van der Waals surface area contributed by atoms with E-state index < -0.39 is 16.1 Å². The van der Waals surface area contributed by atoms with E-state index in [9.17, 15) is 13.2 Å². The fourth-order valence-electron chi connectivity index (χ4n) is 3.07. The van der Waals surface area contributed by atoms with Gasteiger partial charge in [-0.2, -0.15) is 4.31 Å². The summed E-state index contributed by atoms with van der Waals surface area (Å²) >= 11 is 0. The van der Waals surface area contributed by atoms with Crippen molar-refractivity contribution in [3.05, 3.63) is 53.6 Å². The Balaban J connectivity index is 1.63. The lowest BCUT2D eigenvalue weighted by Crippen LogP contribution is -2.40. The zero-order valence-corrected chi connectivity index (χ0v) is 17.7. The Morgan fingerprint density at radius 3 is 2.38 bits per heavy atom. The van der Waals surface area contributed by atoms with E-state index in [4.69, 9.17) is 9.47 Å². The standard InChI is InChI=1S/C21H26N2O5S/c1-15-4-9-20(16(2)14-15)28-17(3)21(24)22-18-5-7-19(8-6-18)29(25,26)23-10-12-27-13-11-23/h4-9,14,17H,10-13H2,1-3H3,(H,22,24)/t17-/m1/s1. The van der Waals surface area contributed by atoms with Crippen molar-refractivity contribution in [3.63, 3.8) is 0 Å². The number of hydrogen-bond acceptors (Lipinski definition) is 5. The van der Waals surface area contributed by atoms with Gasteiger partial charge in [-0.3, -0.25) is 4.79 Å². The summed E-state index contributed by atoms with van der Waals surface area (Å²) in [7, 11) is -3.56. The van der Waals surface area contributed by atoms with E-state index in [1.165, 1.54) is 16.4 Å². The normalized spacial score (nSPS) is 16.2. The molecule has 29 heavy (non-hydrogen) atoms. The molecule has 1 atom stereocenters. The van der Waals surface area contributed by atoms with Crippen LogP contribution in [0.3, 0.4) is 0 Å². The zero-order chi connectivity index (χ0) is 21.0. The molecule has 0 aliphatic carbocycles. The monoisotopic (exact) mass is 418 g/mol. The molecule has 0 aromatic heterocycles. The summed E-state index contributed by atoms with van der Waals surface area (Å²) in [5, 5.41) is 2.76. The maximum absolute atomic E-state index is 12.7. The first-order valence-corrected chi connectivity index (χ1v) is 10.9. The molecule has 1 saturated heterocycles. The number of morpholine rings is 1. The van der Waals surface area contributed by atoms with Crippen LogP contribution in [-0.4, -0.2) is 51.0 Å². The molecule has 1 N–H and O–H groups in total. The maximum atomic E-state index is 12.7. The van der Waals surface area contributed by atoms with Gasteiger partial charge in [0.25, 0.3) is 5.91 Å². The topological polar surface area (TPSA) is 84.9 Å². The highest BCUT2D eigenvalue weighted by atomic mass is 32.2. The molecule has 0 saturated carbocycles. The van der Waals surface area contributed by atoms with Crippen molar-refractivity contribution in [3.8, 4) is 5.75 Å². The van der Waals surface area contributed by atoms with Gasteiger partial charge in [0.15, 0.2) is 6.10 Å². The van der Waals surface area contributed by atoms with E-state index in [0.717, 1.165) is 11.1 Å². The number of rotatable bonds is 6. The number of benzene rings is 2. The number of anilines is 1. The summed E-state index contributed by atoms with van der Waals surface area (Å²) in [5.41, 5.74) is 2.59. The lowest BCUT2D eigenvalue weighted by atomic mass is 10.1. The van der Waals surface area contributed by atoms with Gasteiger partial charge in [-0.1, -0.05) is 17.7 Å². The van der Waals surface area contributed by atoms with E-state index >= 15 is 0 Å². The number of nitrogens with one attached hydrogen (secondary N) is 1. The number of carbonyl (C=O) groups excluding carboxylic acids is 1. The van der Waals surface area contributed by atoms with Crippen LogP contribution >= 0.6 is 0 Å². The minimum Gasteiger partial charge on any atom is -0.481 e. The molecule has 156 valence electrons. The molecule has 1 fully saturated rings. The van der Waals surface area contributed by atoms with Crippen molar-refractivity contribution in [2.75, 3.05) is 31.6 Å². The van der Waals surface area contributed by atoms with Gasteiger partial charge >= 0.3 is 0 Å². The summed E-state index contributed by atoms with van der Waals surface area (Å²) in [6.07, 6.45) is -0.701. The second-order valence-corrected chi connectivity index (χ2v) is 9.00. The molecule has 2 aromatic carbocycles. The van der Waals surface area contributed by atoms with Gasteiger partial charge in [0.05, 0.1) is 18.1 Å². The molecule has 0 bridgehead atoms. The van der Waals surface area contributed by atoms with Crippen LogP contribution in [0, 0.1) is 13.8 Å². The maximum Gasteiger partial charge on any atom is 0.265 e. The van der Waals surface area contributed by atoms with Gasteiger partial charge < -0.3 is 14.8 Å². The van der Waals surface area contributed by atoms with Crippen LogP contribution in [0.4, 0.5) is 5.69 Å². The van der Waals surface area contributed by atoms with E-state index in [1.54, 1.807) is 19.1 Å². The van der Waals surface area contributed by atoms with Crippen LogP contribution in [0.25, 0.3) is 0 Å².